The summed E-state index contributed by atoms with van der Waals surface area (Å²) in [6, 6.07) is -0.917. The topological polar surface area (TPSA) is 114 Å². The quantitative estimate of drug-likeness (QED) is 0.0212. The Bertz CT molecular complexity index is 1920. The maximum Gasteiger partial charge on any atom is 0.306 e. The zero-order chi connectivity index (χ0) is 62.1. The molecule has 0 aliphatic carbocycles. The Hall–Kier alpha value is -3.85. The third kappa shape index (κ3) is 64.5. The standard InChI is InChI=1S/C75H129N2O7P/c1-7-10-13-16-19-22-25-28-30-32-34-35-36-37-38-39-40-41-43-44-46-49-52-55-58-61-64-67-74(78)76-72(71-83-85(80,81)82-70-69-77(4,5)6)73(66-63-60-57-54-51-48-27-24-21-18-15-12-9-3)84-75(79)68-65-62-59-56-53-50-47-45-42-33-31-29-26-23-20-17-14-11-8-2/h10,13,19-20,22-23,28-31,34-35,37-38,40-42,45,50,53,63,66,72-73H,7-9,11-12,14-18,21,24-27,32-33,36,39,43-44,46-49,51-52,54-62,64-65,67-71H2,1-6H3,(H-,76,78,80,81)/b13-10-,22-19-,23-20-,30-28-,31-29-,35-34-,38-37-,41-40-,45-42-,53-50-,66-63-. The van der Waals surface area contributed by atoms with E-state index in [4.69, 9.17) is 13.8 Å². The number of unbranched alkanes of at least 4 members (excludes halogenated alkanes) is 25. The summed E-state index contributed by atoms with van der Waals surface area (Å²) in [4.78, 5) is 40.2. The van der Waals surface area contributed by atoms with Gasteiger partial charge in [0.2, 0.25) is 5.91 Å². The summed E-state index contributed by atoms with van der Waals surface area (Å²) < 4.78 is 30.4. The highest BCUT2D eigenvalue weighted by Crippen LogP contribution is 2.38. The smallest absolute Gasteiger partial charge is 0.306 e. The Morgan fingerprint density at radius 3 is 1.16 bits per heavy atom. The lowest BCUT2D eigenvalue weighted by Crippen LogP contribution is -2.47. The van der Waals surface area contributed by atoms with Gasteiger partial charge in [-0.25, -0.2) is 0 Å². The van der Waals surface area contributed by atoms with E-state index in [-0.39, 0.29) is 24.9 Å². The maximum atomic E-state index is 13.6. The van der Waals surface area contributed by atoms with Crippen molar-refractivity contribution < 1.29 is 37.3 Å². The van der Waals surface area contributed by atoms with Gasteiger partial charge in [0, 0.05) is 12.8 Å². The first-order valence-corrected chi connectivity index (χ1v) is 36.0. The number of carbonyl (C=O) groups is 2. The lowest BCUT2D eigenvalue weighted by atomic mass is 10.0. The molecule has 0 aromatic heterocycles. The van der Waals surface area contributed by atoms with Crippen molar-refractivity contribution in [1.82, 2.24) is 5.32 Å². The van der Waals surface area contributed by atoms with Crippen LogP contribution in [-0.2, 0) is 27.9 Å². The highest BCUT2D eigenvalue weighted by molar-refractivity contribution is 7.45. The molecule has 0 radical (unpaired) electrons. The molecule has 0 fully saturated rings. The number of ether oxygens (including phenoxy) is 1. The second-order valence-corrected chi connectivity index (χ2v) is 25.4. The van der Waals surface area contributed by atoms with Crippen molar-refractivity contribution >= 4 is 19.7 Å². The number of nitrogens with zero attached hydrogens (tertiary/aromatic N) is 1. The Balaban J connectivity index is 5.22. The summed E-state index contributed by atoms with van der Waals surface area (Å²) in [7, 11) is 1.14. The van der Waals surface area contributed by atoms with Crippen LogP contribution in [0.5, 0.6) is 0 Å². The zero-order valence-electron chi connectivity index (χ0n) is 55.5. The van der Waals surface area contributed by atoms with E-state index in [1.165, 1.54) is 109 Å². The van der Waals surface area contributed by atoms with Crippen molar-refractivity contribution in [3.8, 4) is 0 Å². The molecule has 3 atom stereocenters. The fourth-order valence-electron chi connectivity index (χ4n) is 9.27. The number of allylic oxidation sites excluding steroid dienone is 21. The van der Waals surface area contributed by atoms with Gasteiger partial charge in [-0.15, -0.1) is 0 Å². The zero-order valence-corrected chi connectivity index (χ0v) is 56.4. The van der Waals surface area contributed by atoms with Crippen molar-refractivity contribution in [3.63, 3.8) is 0 Å². The number of carbonyl (C=O) groups excluding carboxylic acids is 2. The number of quaternary nitrogens is 1. The van der Waals surface area contributed by atoms with Gasteiger partial charge < -0.3 is 28.5 Å². The minimum atomic E-state index is -4.72. The number of phosphoric ester groups is 1. The number of phosphoric acid groups is 1. The maximum absolute atomic E-state index is 13.6. The lowest BCUT2D eigenvalue weighted by Gasteiger charge is -2.30. The summed E-state index contributed by atoms with van der Waals surface area (Å²) in [6.07, 6.45) is 89.9. The van der Waals surface area contributed by atoms with Crippen LogP contribution < -0.4 is 10.2 Å². The lowest BCUT2D eigenvalue weighted by molar-refractivity contribution is -0.870. The minimum absolute atomic E-state index is 0.0364. The SMILES string of the molecule is CC/C=C\C/C=C\C/C=C\C/C=C\C/C=C\C/C=C\CCCCCCCCCCC(=O)NC(COP(=O)([O-])OCC[N+](C)(C)C)C(/C=C\CCCCCCCCCCCCC)OC(=O)CCCCC/C=C\C/C=C\C/C=C\C/C=C\CCCCC. The number of esters is 1. The molecule has 0 heterocycles. The van der Waals surface area contributed by atoms with Gasteiger partial charge in [0.05, 0.1) is 33.8 Å². The summed E-state index contributed by atoms with van der Waals surface area (Å²) >= 11 is 0. The molecule has 1 amide bonds. The van der Waals surface area contributed by atoms with Crippen LogP contribution >= 0.6 is 7.82 Å². The average Bonchev–Trinajstić information content (AvgIpc) is 3.53. The van der Waals surface area contributed by atoms with E-state index in [0.29, 0.717) is 23.9 Å². The van der Waals surface area contributed by atoms with Crippen LogP contribution in [0.3, 0.4) is 0 Å². The minimum Gasteiger partial charge on any atom is -0.756 e. The van der Waals surface area contributed by atoms with Crippen molar-refractivity contribution in [2.24, 2.45) is 0 Å². The molecule has 0 bridgehead atoms. The molecule has 0 aliphatic rings. The van der Waals surface area contributed by atoms with Gasteiger partial charge in [0.15, 0.2) is 0 Å². The first kappa shape index (κ1) is 81.2. The monoisotopic (exact) mass is 1200 g/mol. The largest absolute Gasteiger partial charge is 0.756 e. The van der Waals surface area contributed by atoms with E-state index in [9.17, 15) is 19.0 Å². The van der Waals surface area contributed by atoms with Crippen LogP contribution in [0.25, 0.3) is 0 Å². The average molecular weight is 1200 g/mol. The van der Waals surface area contributed by atoms with Crippen LogP contribution in [-0.4, -0.2) is 69.4 Å². The van der Waals surface area contributed by atoms with Gasteiger partial charge in [0.1, 0.15) is 19.3 Å². The molecule has 0 rings (SSSR count). The molecule has 0 aromatic rings. The van der Waals surface area contributed by atoms with Crippen molar-refractivity contribution in [2.75, 3.05) is 40.9 Å². The van der Waals surface area contributed by atoms with Crippen LogP contribution in [0.15, 0.2) is 134 Å². The molecule has 0 spiro atoms. The molecule has 10 heteroatoms. The molecule has 9 nitrogen and oxygen atoms in total. The van der Waals surface area contributed by atoms with Gasteiger partial charge in [-0.2, -0.15) is 0 Å². The normalized spacial score (nSPS) is 14.4. The molecular formula is C75H129N2O7P. The first-order chi connectivity index (χ1) is 41.4. The summed E-state index contributed by atoms with van der Waals surface area (Å²) in [6.45, 7) is 6.67. The Morgan fingerprint density at radius 2 is 0.753 bits per heavy atom. The van der Waals surface area contributed by atoms with Crippen molar-refractivity contribution in [2.45, 2.75) is 290 Å². The molecule has 1 N–H and O–H groups in total. The van der Waals surface area contributed by atoms with Crippen LogP contribution in [0.4, 0.5) is 0 Å². The highest BCUT2D eigenvalue weighted by Gasteiger charge is 2.27. The third-order valence-corrected chi connectivity index (χ3v) is 15.5. The number of likely N-dealkylation sites (N-methyl/N-ethyl adjacent to an activating group) is 1. The van der Waals surface area contributed by atoms with Crippen LogP contribution in [0.2, 0.25) is 0 Å². The van der Waals surface area contributed by atoms with E-state index in [1.807, 2.05) is 33.3 Å². The number of nitrogens with one attached hydrogen (secondary N) is 1. The summed E-state index contributed by atoms with van der Waals surface area (Å²) in [5.41, 5.74) is 0. The number of hydrogen-bond acceptors (Lipinski definition) is 7. The molecule has 0 aromatic carbocycles. The molecule has 85 heavy (non-hydrogen) atoms. The van der Waals surface area contributed by atoms with Crippen LogP contribution in [0, 0.1) is 0 Å². The molecule has 486 valence electrons. The van der Waals surface area contributed by atoms with Gasteiger partial charge in [0.25, 0.3) is 7.82 Å². The molecule has 3 unspecified atom stereocenters. The van der Waals surface area contributed by atoms with E-state index in [2.05, 4.69) is 148 Å². The fourth-order valence-corrected chi connectivity index (χ4v) is 10.00. The number of amides is 1. The molecule has 0 saturated carbocycles. The number of rotatable bonds is 61. The number of hydrogen-bond donors (Lipinski definition) is 1. The first-order valence-electron chi connectivity index (χ1n) is 34.5. The van der Waals surface area contributed by atoms with E-state index < -0.39 is 26.6 Å². The molecule has 0 aliphatic heterocycles. The predicted molar refractivity (Wildman–Crippen MR) is 366 cm³/mol. The van der Waals surface area contributed by atoms with Crippen LogP contribution in [0.1, 0.15) is 278 Å². The van der Waals surface area contributed by atoms with E-state index in [1.54, 1.807) is 0 Å². The predicted octanol–water partition coefficient (Wildman–Crippen LogP) is 21.4. The van der Waals surface area contributed by atoms with Gasteiger partial charge in [-0.1, -0.05) is 270 Å². The Morgan fingerprint density at radius 1 is 0.424 bits per heavy atom. The second kappa shape index (κ2) is 63.2. The third-order valence-electron chi connectivity index (χ3n) is 14.6. The molecular weight excluding hydrogens is 1070 g/mol. The fraction of sp³-hybridized carbons (Fsp3) is 0.680. The van der Waals surface area contributed by atoms with Crippen molar-refractivity contribution in [1.29, 1.82) is 0 Å². The van der Waals surface area contributed by atoms with Crippen molar-refractivity contribution in [3.05, 3.63) is 134 Å². The van der Waals surface area contributed by atoms with Gasteiger partial charge >= 0.3 is 5.97 Å². The Labute approximate surface area is 524 Å². The Kier molecular flexibility index (Phi) is 60.3. The molecule has 0 saturated heterocycles. The highest BCUT2D eigenvalue weighted by atomic mass is 31.2. The summed E-state index contributed by atoms with van der Waals surface area (Å²) in [5.74, 6) is -0.592. The van der Waals surface area contributed by atoms with Gasteiger partial charge in [-0.05, 0) is 128 Å². The second-order valence-electron chi connectivity index (χ2n) is 23.9. The summed E-state index contributed by atoms with van der Waals surface area (Å²) in [5, 5.41) is 3.03. The van der Waals surface area contributed by atoms with E-state index in [0.717, 1.165) is 128 Å². The van der Waals surface area contributed by atoms with E-state index >= 15 is 0 Å². The van der Waals surface area contributed by atoms with Gasteiger partial charge in [-0.3, -0.25) is 14.2 Å².